The molecule has 0 aliphatic heterocycles. The van der Waals surface area contributed by atoms with Gasteiger partial charge in [0.25, 0.3) is 0 Å². The monoisotopic (exact) mass is 352 g/mol. The lowest BCUT2D eigenvalue weighted by Gasteiger charge is -2.26. The van der Waals surface area contributed by atoms with Crippen molar-refractivity contribution in [2.75, 3.05) is 5.32 Å². The maximum atomic E-state index is 4.68. The summed E-state index contributed by atoms with van der Waals surface area (Å²) in [6.07, 6.45) is 11.7. The van der Waals surface area contributed by atoms with E-state index in [-0.39, 0.29) is 6.04 Å². The van der Waals surface area contributed by atoms with Crippen LogP contribution in [-0.4, -0.2) is 15.0 Å². The van der Waals surface area contributed by atoms with Gasteiger partial charge in [0.05, 0.1) is 16.4 Å². The van der Waals surface area contributed by atoms with Crippen molar-refractivity contribution in [3.8, 4) is 0 Å². The Hall–Kier alpha value is -2.01. The van der Waals surface area contributed by atoms with Crippen LogP contribution in [0.15, 0.2) is 36.7 Å². The maximum absolute atomic E-state index is 4.68. The van der Waals surface area contributed by atoms with Gasteiger partial charge in [0.1, 0.15) is 0 Å². The molecule has 130 valence electrons. The summed E-state index contributed by atoms with van der Waals surface area (Å²) in [7, 11) is 0. The first-order chi connectivity index (χ1) is 12.3. The Labute approximate surface area is 152 Å². The standard InChI is InChI=1S/C20H24N4S/c1-14-11-18-19(22-13-14)24-20(25-18)23-17(16-9-5-6-10-21-16)12-15-7-3-2-4-8-15/h5-6,9-11,13,15,17H,2-4,7-8,12H2,1H3,(H,22,23,24). The third-order valence-electron chi connectivity index (χ3n) is 5.02. The number of nitrogens with one attached hydrogen (secondary N) is 1. The van der Waals surface area contributed by atoms with Crippen molar-refractivity contribution in [3.05, 3.63) is 47.9 Å². The molecule has 0 aromatic carbocycles. The Morgan fingerprint density at radius 2 is 2.08 bits per heavy atom. The number of anilines is 1. The molecule has 1 unspecified atom stereocenters. The van der Waals surface area contributed by atoms with E-state index >= 15 is 0 Å². The highest BCUT2D eigenvalue weighted by atomic mass is 32.1. The topological polar surface area (TPSA) is 50.7 Å². The van der Waals surface area contributed by atoms with E-state index < -0.39 is 0 Å². The van der Waals surface area contributed by atoms with Gasteiger partial charge in [-0.2, -0.15) is 0 Å². The predicted molar refractivity (Wildman–Crippen MR) is 104 cm³/mol. The minimum Gasteiger partial charge on any atom is -0.353 e. The van der Waals surface area contributed by atoms with Crippen LogP contribution < -0.4 is 5.32 Å². The first kappa shape index (κ1) is 16.5. The fourth-order valence-electron chi connectivity index (χ4n) is 3.72. The number of rotatable bonds is 5. The number of hydrogen-bond acceptors (Lipinski definition) is 5. The first-order valence-electron chi connectivity index (χ1n) is 9.18. The van der Waals surface area contributed by atoms with Crippen molar-refractivity contribution < 1.29 is 0 Å². The smallest absolute Gasteiger partial charge is 0.185 e. The van der Waals surface area contributed by atoms with Crippen LogP contribution in [0, 0.1) is 12.8 Å². The average molecular weight is 353 g/mol. The molecular weight excluding hydrogens is 328 g/mol. The molecule has 0 bridgehead atoms. The van der Waals surface area contributed by atoms with Gasteiger partial charge in [0.15, 0.2) is 10.8 Å². The van der Waals surface area contributed by atoms with Crippen molar-refractivity contribution in [2.24, 2.45) is 5.92 Å². The van der Waals surface area contributed by atoms with Crippen molar-refractivity contribution in [2.45, 2.75) is 51.5 Å². The van der Waals surface area contributed by atoms with Gasteiger partial charge in [-0.05, 0) is 43.0 Å². The zero-order chi connectivity index (χ0) is 17.1. The number of pyridine rings is 2. The van der Waals surface area contributed by atoms with Crippen LogP contribution in [0.5, 0.6) is 0 Å². The van der Waals surface area contributed by atoms with Crippen LogP contribution in [0.1, 0.15) is 55.8 Å². The van der Waals surface area contributed by atoms with Crippen LogP contribution in [0.2, 0.25) is 0 Å². The number of thiazole rings is 1. The number of fused-ring (bicyclic) bond motifs is 1. The molecule has 1 aliphatic carbocycles. The molecular formula is C20H24N4S. The minimum absolute atomic E-state index is 0.214. The van der Waals surface area contributed by atoms with Crippen molar-refractivity contribution in [1.82, 2.24) is 15.0 Å². The van der Waals surface area contributed by atoms with Crippen LogP contribution >= 0.6 is 11.3 Å². The van der Waals surface area contributed by atoms with Crippen LogP contribution in [0.4, 0.5) is 5.13 Å². The van der Waals surface area contributed by atoms with Gasteiger partial charge >= 0.3 is 0 Å². The van der Waals surface area contributed by atoms with Gasteiger partial charge in [-0.15, -0.1) is 0 Å². The summed E-state index contributed by atoms with van der Waals surface area (Å²) in [6.45, 7) is 2.07. The van der Waals surface area contributed by atoms with Gasteiger partial charge < -0.3 is 5.32 Å². The Morgan fingerprint density at radius 3 is 2.88 bits per heavy atom. The molecule has 1 fully saturated rings. The Bertz CT molecular complexity index is 824. The largest absolute Gasteiger partial charge is 0.353 e. The van der Waals surface area contributed by atoms with Crippen molar-refractivity contribution in [3.63, 3.8) is 0 Å². The van der Waals surface area contributed by atoms with E-state index in [0.717, 1.165) is 33.5 Å². The quantitative estimate of drug-likeness (QED) is 0.657. The summed E-state index contributed by atoms with van der Waals surface area (Å²) < 4.78 is 1.14. The molecule has 0 radical (unpaired) electrons. The molecule has 1 N–H and O–H groups in total. The Kier molecular flexibility index (Phi) is 4.92. The molecule has 3 aromatic heterocycles. The van der Waals surface area contributed by atoms with Gasteiger partial charge in [-0.3, -0.25) is 4.98 Å². The highest BCUT2D eigenvalue weighted by Crippen LogP contribution is 2.35. The summed E-state index contributed by atoms with van der Waals surface area (Å²) in [5.41, 5.74) is 3.11. The molecule has 4 nitrogen and oxygen atoms in total. The van der Waals surface area contributed by atoms with Crippen LogP contribution in [0.3, 0.4) is 0 Å². The SMILES string of the molecule is Cc1cnc2nc(NC(CC3CCCCC3)c3ccccn3)sc2c1. The fourth-order valence-corrected chi connectivity index (χ4v) is 4.70. The third kappa shape index (κ3) is 3.98. The number of nitrogens with zero attached hydrogens (tertiary/aromatic N) is 3. The summed E-state index contributed by atoms with van der Waals surface area (Å²) in [6, 6.07) is 8.54. The van der Waals surface area contributed by atoms with Crippen molar-refractivity contribution >= 4 is 26.8 Å². The second-order valence-corrected chi connectivity index (χ2v) is 8.08. The molecule has 1 aliphatic rings. The van der Waals surface area contributed by atoms with E-state index in [1.54, 1.807) is 11.3 Å². The fraction of sp³-hybridized carbons (Fsp3) is 0.450. The van der Waals surface area contributed by atoms with Crippen molar-refractivity contribution in [1.29, 1.82) is 0 Å². The van der Waals surface area contributed by atoms with E-state index in [9.17, 15) is 0 Å². The lowest BCUT2D eigenvalue weighted by Crippen LogP contribution is -2.18. The average Bonchev–Trinajstić information content (AvgIpc) is 3.04. The van der Waals surface area contributed by atoms with Gasteiger partial charge in [-0.1, -0.05) is 49.5 Å². The molecule has 1 atom stereocenters. The zero-order valence-corrected chi connectivity index (χ0v) is 15.4. The molecule has 5 heteroatoms. The second-order valence-electron chi connectivity index (χ2n) is 7.04. The van der Waals surface area contributed by atoms with Crippen LogP contribution in [-0.2, 0) is 0 Å². The maximum Gasteiger partial charge on any atom is 0.185 e. The lowest BCUT2D eigenvalue weighted by molar-refractivity contribution is 0.323. The van der Waals surface area contributed by atoms with Gasteiger partial charge in [-0.25, -0.2) is 9.97 Å². The van der Waals surface area contributed by atoms with E-state index in [2.05, 4.69) is 45.4 Å². The van der Waals surface area contributed by atoms with Gasteiger partial charge in [0.2, 0.25) is 0 Å². The number of aryl methyl sites for hydroxylation is 1. The highest BCUT2D eigenvalue weighted by molar-refractivity contribution is 7.22. The third-order valence-corrected chi connectivity index (χ3v) is 5.94. The summed E-state index contributed by atoms with van der Waals surface area (Å²) in [5, 5.41) is 4.60. The lowest BCUT2D eigenvalue weighted by atomic mass is 9.84. The normalized spacial score (nSPS) is 16.8. The molecule has 3 heterocycles. The Morgan fingerprint density at radius 1 is 1.20 bits per heavy atom. The first-order valence-corrected chi connectivity index (χ1v) is 10.0. The highest BCUT2D eigenvalue weighted by Gasteiger charge is 2.22. The molecule has 0 amide bonds. The summed E-state index contributed by atoms with van der Waals surface area (Å²) >= 11 is 1.68. The van der Waals surface area contributed by atoms with E-state index in [1.807, 2.05) is 18.5 Å². The zero-order valence-electron chi connectivity index (χ0n) is 14.6. The Balaban J connectivity index is 1.57. The molecule has 4 rings (SSSR count). The second kappa shape index (κ2) is 7.48. The summed E-state index contributed by atoms with van der Waals surface area (Å²) in [5.74, 6) is 0.781. The molecule has 25 heavy (non-hydrogen) atoms. The van der Waals surface area contributed by atoms with E-state index in [1.165, 1.54) is 37.7 Å². The summed E-state index contributed by atoms with van der Waals surface area (Å²) in [4.78, 5) is 13.7. The molecule has 0 saturated heterocycles. The van der Waals surface area contributed by atoms with E-state index in [4.69, 9.17) is 0 Å². The predicted octanol–water partition coefficient (Wildman–Crippen LogP) is 5.52. The molecule has 3 aromatic rings. The molecule has 0 spiro atoms. The number of hydrogen-bond donors (Lipinski definition) is 1. The van der Waals surface area contributed by atoms with Gasteiger partial charge in [0, 0.05) is 12.4 Å². The van der Waals surface area contributed by atoms with Crippen LogP contribution in [0.25, 0.3) is 10.3 Å². The van der Waals surface area contributed by atoms with E-state index in [0.29, 0.717) is 0 Å². The molecule has 1 saturated carbocycles. The minimum atomic E-state index is 0.214. The number of aromatic nitrogens is 3.